The summed E-state index contributed by atoms with van der Waals surface area (Å²) in [5, 5.41) is 12.2. The summed E-state index contributed by atoms with van der Waals surface area (Å²) in [6.45, 7) is 3.65. The van der Waals surface area contributed by atoms with Gasteiger partial charge >= 0.3 is 5.97 Å². The quantitative estimate of drug-likeness (QED) is 0.857. The first-order valence-electron chi connectivity index (χ1n) is 6.37. The highest BCUT2D eigenvalue weighted by atomic mass is 16.5. The number of hydrogen-bond donors (Lipinski definition) is 2. The molecule has 1 saturated heterocycles. The summed E-state index contributed by atoms with van der Waals surface area (Å²) >= 11 is 0. The molecule has 4 heteroatoms. The number of carboxylic acids is 1. The monoisotopic (exact) mass is 249 g/mol. The minimum absolute atomic E-state index is 0.560. The molecule has 0 aromatic heterocycles. The van der Waals surface area contributed by atoms with Crippen molar-refractivity contribution in [2.75, 3.05) is 13.1 Å². The number of carbonyl (C=O) groups is 1. The standard InChI is InChI=1S/C14H19NO3/c1-10(14(16)17)18-13-6-4-11(5-7-13)12-3-2-8-15-9-12/h4-7,10,12,15H,2-3,8-9H2,1H3,(H,16,17). The summed E-state index contributed by atoms with van der Waals surface area (Å²) in [4.78, 5) is 10.7. The summed E-state index contributed by atoms with van der Waals surface area (Å²) < 4.78 is 5.30. The third-order valence-electron chi connectivity index (χ3n) is 3.31. The van der Waals surface area contributed by atoms with Crippen molar-refractivity contribution in [3.8, 4) is 5.75 Å². The highest BCUT2D eigenvalue weighted by Crippen LogP contribution is 2.25. The van der Waals surface area contributed by atoms with Crippen LogP contribution in [-0.4, -0.2) is 30.3 Å². The predicted molar refractivity (Wildman–Crippen MR) is 69.0 cm³/mol. The van der Waals surface area contributed by atoms with Crippen LogP contribution in [0.5, 0.6) is 5.75 Å². The van der Waals surface area contributed by atoms with Crippen molar-refractivity contribution in [2.45, 2.75) is 31.8 Å². The van der Waals surface area contributed by atoms with Crippen molar-refractivity contribution in [3.63, 3.8) is 0 Å². The van der Waals surface area contributed by atoms with Gasteiger partial charge in [-0.15, -0.1) is 0 Å². The van der Waals surface area contributed by atoms with Crippen LogP contribution in [0.1, 0.15) is 31.2 Å². The van der Waals surface area contributed by atoms with Crippen molar-refractivity contribution >= 4 is 5.97 Å². The second-order valence-corrected chi connectivity index (χ2v) is 4.71. The molecule has 2 N–H and O–H groups in total. The van der Waals surface area contributed by atoms with Crippen molar-refractivity contribution < 1.29 is 14.6 Å². The molecule has 1 heterocycles. The molecule has 2 atom stereocenters. The molecule has 0 spiro atoms. The minimum Gasteiger partial charge on any atom is -0.479 e. The van der Waals surface area contributed by atoms with Gasteiger partial charge in [-0.2, -0.15) is 0 Å². The van der Waals surface area contributed by atoms with E-state index in [9.17, 15) is 4.79 Å². The van der Waals surface area contributed by atoms with E-state index >= 15 is 0 Å². The fraction of sp³-hybridized carbons (Fsp3) is 0.500. The summed E-state index contributed by atoms with van der Waals surface area (Å²) in [7, 11) is 0. The van der Waals surface area contributed by atoms with Gasteiger partial charge in [0, 0.05) is 6.54 Å². The first-order chi connectivity index (χ1) is 8.66. The highest BCUT2D eigenvalue weighted by molar-refractivity contribution is 5.72. The van der Waals surface area contributed by atoms with Crippen LogP contribution < -0.4 is 10.1 Å². The molecular formula is C14H19NO3. The molecule has 4 nitrogen and oxygen atoms in total. The van der Waals surface area contributed by atoms with Crippen molar-refractivity contribution in [1.82, 2.24) is 5.32 Å². The maximum atomic E-state index is 10.7. The third-order valence-corrected chi connectivity index (χ3v) is 3.31. The molecule has 1 fully saturated rings. The maximum Gasteiger partial charge on any atom is 0.344 e. The van der Waals surface area contributed by atoms with Crippen LogP contribution in [0.4, 0.5) is 0 Å². The molecule has 0 aliphatic carbocycles. The number of hydrogen-bond acceptors (Lipinski definition) is 3. The van der Waals surface area contributed by atoms with E-state index in [-0.39, 0.29) is 0 Å². The maximum absolute atomic E-state index is 10.7. The van der Waals surface area contributed by atoms with E-state index in [1.165, 1.54) is 25.3 Å². The summed E-state index contributed by atoms with van der Waals surface area (Å²) in [5.74, 6) is 0.220. The molecule has 0 amide bonds. The SMILES string of the molecule is CC(Oc1ccc(C2CCCNC2)cc1)C(=O)O. The minimum atomic E-state index is -0.949. The van der Waals surface area contributed by atoms with E-state index in [0.717, 1.165) is 13.1 Å². The van der Waals surface area contributed by atoms with Gasteiger partial charge in [0.2, 0.25) is 0 Å². The molecule has 0 saturated carbocycles. The molecule has 2 unspecified atom stereocenters. The molecule has 1 aliphatic heterocycles. The number of rotatable bonds is 4. The number of piperidine rings is 1. The predicted octanol–water partition coefficient (Wildman–Crippen LogP) is 2.01. The van der Waals surface area contributed by atoms with E-state index in [2.05, 4.69) is 5.32 Å². The largest absolute Gasteiger partial charge is 0.479 e. The lowest BCUT2D eigenvalue weighted by Gasteiger charge is -2.23. The van der Waals surface area contributed by atoms with Gasteiger partial charge in [0.1, 0.15) is 5.75 Å². The van der Waals surface area contributed by atoms with Crippen LogP contribution in [0.3, 0.4) is 0 Å². The molecular weight excluding hydrogens is 230 g/mol. The van der Waals surface area contributed by atoms with E-state index < -0.39 is 12.1 Å². The molecule has 18 heavy (non-hydrogen) atoms. The normalized spacial score (nSPS) is 21.3. The third kappa shape index (κ3) is 3.23. The second-order valence-electron chi connectivity index (χ2n) is 4.71. The lowest BCUT2D eigenvalue weighted by atomic mass is 9.92. The zero-order valence-electron chi connectivity index (χ0n) is 10.6. The topological polar surface area (TPSA) is 58.6 Å². The van der Waals surface area contributed by atoms with Gasteiger partial charge in [0.25, 0.3) is 0 Å². The Balaban J connectivity index is 1.98. The van der Waals surface area contributed by atoms with Crippen LogP contribution in [0.2, 0.25) is 0 Å². The lowest BCUT2D eigenvalue weighted by Crippen LogP contribution is -2.28. The van der Waals surface area contributed by atoms with Gasteiger partial charge < -0.3 is 15.2 Å². The number of ether oxygens (including phenoxy) is 1. The van der Waals surface area contributed by atoms with E-state index in [1.807, 2.05) is 24.3 Å². The molecule has 0 radical (unpaired) electrons. The first kappa shape index (κ1) is 12.9. The summed E-state index contributed by atoms with van der Waals surface area (Å²) in [6.07, 6.45) is 1.60. The van der Waals surface area contributed by atoms with E-state index in [0.29, 0.717) is 11.7 Å². The van der Waals surface area contributed by atoms with Gasteiger partial charge in [-0.25, -0.2) is 4.79 Å². The van der Waals surface area contributed by atoms with Crippen molar-refractivity contribution in [3.05, 3.63) is 29.8 Å². The number of benzene rings is 1. The van der Waals surface area contributed by atoms with Gasteiger partial charge in [0.05, 0.1) is 0 Å². The fourth-order valence-corrected chi connectivity index (χ4v) is 2.21. The summed E-state index contributed by atoms with van der Waals surface area (Å²) in [6, 6.07) is 7.76. The van der Waals surface area contributed by atoms with Crippen molar-refractivity contribution in [2.24, 2.45) is 0 Å². The second kappa shape index (κ2) is 5.87. The molecule has 98 valence electrons. The fourth-order valence-electron chi connectivity index (χ4n) is 2.21. The zero-order chi connectivity index (χ0) is 13.0. The van der Waals surface area contributed by atoms with E-state index in [4.69, 9.17) is 9.84 Å². The Kier molecular flexibility index (Phi) is 4.20. The lowest BCUT2D eigenvalue weighted by molar-refractivity contribution is -0.144. The highest BCUT2D eigenvalue weighted by Gasteiger charge is 2.16. The van der Waals surface area contributed by atoms with Crippen LogP contribution >= 0.6 is 0 Å². The average molecular weight is 249 g/mol. The smallest absolute Gasteiger partial charge is 0.344 e. The molecule has 1 aliphatic rings. The average Bonchev–Trinajstić information content (AvgIpc) is 2.40. The van der Waals surface area contributed by atoms with Gasteiger partial charge in [-0.3, -0.25) is 0 Å². The number of nitrogens with one attached hydrogen (secondary N) is 1. The summed E-state index contributed by atoms with van der Waals surface area (Å²) in [5.41, 5.74) is 1.29. The van der Waals surface area contributed by atoms with Gasteiger partial charge in [-0.1, -0.05) is 12.1 Å². The van der Waals surface area contributed by atoms with Gasteiger partial charge in [-0.05, 0) is 49.9 Å². The van der Waals surface area contributed by atoms with E-state index in [1.54, 1.807) is 0 Å². The Bertz CT molecular complexity index is 396. The molecule has 2 rings (SSSR count). The Hall–Kier alpha value is -1.55. The van der Waals surface area contributed by atoms with Crippen LogP contribution in [0.25, 0.3) is 0 Å². The molecule has 1 aromatic carbocycles. The molecule has 1 aromatic rings. The van der Waals surface area contributed by atoms with Crippen LogP contribution in [0.15, 0.2) is 24.3 Å². The van der Waals surface area contributed by atoms with Crippen LogP contribution in [-0.2, 0) is 4.79 Å². The Morgan fingerprint density at radius 2 is 2.17 bits per heavy atom. The number of carboxylic acid groups (broad SMARTS) is 1. The van der Waals surface area contributed by atoms with Crippen molar-refractivity contribution in [1.29, 1.82) is 0 Å². The first-order valence-corrected chi connectivity index (χ1v) is 6.37. The Morgan fingerprint density at radius 1 is 1.44 bits per heavy atom. The van der Waals surface area contributed by atoms with Gasteiger partial charge in [0.15, 0.2) is 6.10 Å². The Labute approximate surface area is 107 Å². The number of aliphatic carboxylic acids is 1. The molecule has 0 bridgehead atoms. The Morgan fingerprint density at radius 3 is 2.72 bits per heavy atom. The van der Waals surface area contributed by atoms with Crippen LogP contribution in [0, 0.1) is 0 Å². The zero-order valence-corrected chi connectivity index (χ0v) is 10.6.